The van der Waals surface area contributed by atoms with Crippen molar-refractivity contribution < 1.29 is 4.79 Å². The third-order valence-corrected chi connectivity index (χ3v) is 5.33. The highest BCUT2D eigenvalue weighted by molar-refractivity contribution is 6.33. The fourth-order valence-electron chi connectivity index (χ4n) is 3.42. The Balaban J connectivity index is 2.22. The number of hydrogen-bond acceptors (Lipinski definition) is 2. The number of nitrogens with one attached hydrogen (secondary N) is 1. The third kappa shape index (κ3) is 4.43. The Morgan fingerprint density at radius 1 is 1.07 bits per heavy atom. The molecule has 0 atom stereocenters. The van der Waals surface area contributed by atoms with E-state index in [4.69, 9.17) is 11.6 Å². The number of unbranched alkanes of at least 4 members (excludes halogenated alkanes) is 1. The van der Waals surface area contributed by atoms with Crippen LogP contribution in [-0.2, 0) is 6.54 Å². The van der Waals surface area contributed by atoms with Crippen molar-refractivity contribution >= 4 is 23.2 Å². The van der Waals surface area contributed by atoms with Gasteiger partial charge in [0, 0.05) is 34.6 Å². The zero-order valence-electron chi connectivity index (χ0n) is 17.0. The van der Waals surface area contributed by atoms with E-state index >= 15 is 0 Å². The van der Waals surface area contributed by atoms with Crippen LogP contribution in [0, 0.1) is 13.8 Å². The van der Waals surface area contributed by atoms with Gasteiger partial charge in [-0.05, 0) is 38.0 Å². The van der Waals surface area contributed by atoms with E-state index in [1.807, 2.05) is 60.9 Å². The van der Waals surface area contributed by atoms with Gasteiger partial charge < -0.3 is 9.88 Å². The smallest absolute Gasteiger partial charge is 0.261 e. The van der Waals surface area contributed by atoms with Gasteiger partial charge in [0.15, 0.2) is 5.43 Å². The van der Waals surface area contributed by atoms with E-state index < -0.39 is 5.91 Å². The number of carbonyl (C=O) groups excluding carboxylic acids is 1. The minimum Gasteiger partial charge on any atom is -0.344 e. The van der Waals surface area contributed by atoms with Crippen LogP contribution in [-0.4, -0.2) is 10.5 Å². The first kappa shape index (κ1) is 20.9. The Morgan fingerprint density at radius 3 is 2.45 bits per heavy atom. The van der Waals surface area contributed by atoms with Crippen LogP contribution in [0.15, 0.2) is 59.4 Å². The largest absolute Gasteiger partial charge is 0.344 e. The van der Waals surface area contributed by atoms with Crippen molar-refractivity contribution in [1.82, 2.24) is 4.57 Å². The predicted octanol–water partition coefficient (Wildman–Crippen LogP) is 5.84. The first-order valence-corrected chi connectivity index (χ1v) is 10.2. The van der Waals surface area contributed by atoms with Crippen molar-refractivity contribution in [2.75, 3.05) is 5.32 Å². The maximum absolute atomic E-state index is 13.3. The second-order valence-corrected chi connectivity index (χ2v) is 7.53. The number of aryl methyl sites for hydroxylation is 2. The van der Waals surface area contributed by atoms with Gasteiger partial charge in [0.2, 0.25) is 0 Å². The van der Waals surface area contributed by atoms with Gasteiger partial charge in [-0.1, -0.05) is 61.3 Å². The minimum atomic E-state index is -0.426. The standard InChI is InChI=1S/C24H25ClN2O2/c1-4-5-14-27-17(3)15-21(28)22(23(27)18-11-7-8-12-19(18)25)24(29)26-20-13-9-6-10-16(20)2/h6-13,15H,4-5,14H2,1-3H3,(H,26,29). The lowest BCUT2D eigenvalue weighted by Crippen LogP contribution is -2.27. The van der Waals surface area contributed by atoms with Gasteiger partial charge in [-0.3, -0.25) is 9.59 Å². The highest BCUT2D eigenvalue weighted by atomic mass is 35.5. The Bertz CT molecular complexity index is 1100. The summed E-state index contributed by atoms with van der Waals surface area (Å²) in [6, 6.07) is 16.4. The number of nitrogens with zero attached hydrogens (tertiary/aromatic N) is 1. The number of aromatic nitrogens is 1. The molecule has 3 aromatic rings. The molecule has 29 heavy (non-hydrogen) atoms. The Labute approximate surface area is 176 Å². The van der Waals surface area contributed by atoms with Gasteiger partial charge in [0.05, 0.1) is 5.69 Å². The summed E-state index contributed by atoms with van der Waals surface area (Å²) in [5, 5.41) is 3.41. The summed E-state index contributed by atoms with van der Waals surface area (Å²) in [5.41, 5.74) is 3.48. The highest BCUT2D eigenvalue weighted by Gasteiger charge is 2.23. The molecule has 0 spiro atoms. The molecule has 1 amide bonds. The summed E-state index contributed by atoms with van der Waals surface area (Å²) < 4.78 is 2.03. The highest BCUT2D eigenvalue weighted by Crippen LogP contribution is 2.31. The first-order valence-electron chi connectivity index (χ1n) is 9.80. The van der Waals surface area contributed by atoms with Crippen molar-refractivity contribution in [3.63, 3.8) is 0 Å². The Morgan fingerprint density at radius 2 is 1.76 bits per heavy atom. The lowest BCUT2D eigenvalue weighted by Gasteiger charge is -2.21. The summed E-state index contributed by atoms with van der Waals surface area (Å²) in [7, 11) is 0. The second kappa shape index (κ2) is 9.10. The fourth-order valence-corrected chi connectivity index (χ4v) is 3.65. The molecular formula is C24H25ClN2O2. The maximum atomic E-state index is 13.3. The van der Waals surface area contributed by atoms with Gasteiger partial charge in [0.25, 0.3) is 5.91 Å². The monoisotopic (exact) mass is 408 g/mol. The van der Waals surface area contributed by atoms with Gasteiger partial charge in [-0.25, -0.2) is 0 Å². The number of anilines is 1. The van der Waals surface area contributed by atoms with E-state index in [0.29, 0.717) is 28.5 Å². The SMILES string of the molecule is CCCCn1c(C)cc(=O)c(C(=O)Nc2ccccc2C)c1-c1ccccc1Cl. The summed E-state index contributed by atoms with van der Waals surface area (Å²) in [4.78, 5) is 26.2. The van der Waals surface area contributed by atoms with E-state index in [1.54, 1.807) is 6.07 Å². The molecule has 0 unspecified atom stereocenters. The quantitative estimate of drug-likeness (QED) is 0.557. The molecule has 3 rings (SSSR count). The van der Waals surface area contributed by atoms with Crippen LogP contribution in [0.3, 0.4) is 0 Å². The van der Waals surface area contributed by atoms with Crippen molar-refractivity contribution in [3.05, 3.63) is 86.7 Å². The number of pyridine rings is 1. The molecule has 4 nitrogen and oxygen atoms in total. The van der Waals surface area contributed by atoms with Crippen molar-refractivity contribution in [2.45, 2.75) is 40.2 Å². The summed E-state index contributed by atoms with van der Waals surface area (Å²) in [6.07, 6.45) is 1.93. The zero-order chi connectivity index (χ0) is 21.0. The van der Waals surface area contributed by atoms with E-state index in [2.05, 4.69) is 12.2 Å². The van der Waals surface area contributed by atoms with Crippen molar-refractivity contribution in [3.8, 4) is 11.3 Å². The van der Waals surface area contributed by atoms with Crippen molar-refractivity contribution in [1.29, 1.82) is 0 Å². The van der Waals surface area contributed by atoms with Gasteiger partial charge in [-0.2, -0.15) is 0 Å². The normalized spacial score (nSPS) is 10.8. The van der Waals surface area contributed by atoms with Gasteiger partial charge in [-0.15, -0.1) is 0 Å². The predicted molar refractivity (Wildman–Crippen MR) is 120 cm³/mol. The molecule has 1 aromatic heterocycles. The molecule has 150 valence electrons. The van der Waals surface area contributed by atoms with Crippen LogP contribution in [0.5, 0.6) is 0 Å². The number of benzene rings is 2. The minimum absolute atomic E-state index is 0.114. The van der Waals surface area contributed by atoms with Crippen LogP contribution in [0.1, 0.15) is 41.4 Å². The zero-order valence-corrected chi connectivity index (χ0v) is 17.7. The maximum Gasteiger partial charge on any atom is 0.261 e. The molecule has 1 N–H and O–H groups in total. The van der Waals surface area contributed by atoms with E-state index in [-0.39, 0.29) is 11.0 Å². The van der Waals surface area contributed by atoms with Crippen LogP contribution < -0.4 is 10.7 Å². The number of carbonyl (C=O) groups is 1. The number of rotatable bonds is 6. The molecular weight excluding hydrogens is 384 g/mol. The van der Waals surface area contributed by atoms with Gasteiger partial charge in [0.1, 0.15) is 5.56 Å². The molecule has 0 radical (unpaired) electrons. The third-order valence-electron chi connectivity index (χ3n) is 5.00. The molecule has 2 aromatic carbocycles. The number of para-hydroxylation sites is 1. The topological polar surface area (TPSA) is 51.1 Å². The number of hydrogen-bond donors (Lipinski definition) is 1. The second-order valence-electron chi connectivity index (χ2n) is 7.13. The summed E-state index contributed by atoms with van der Waals surface area (Å²) in [5.74, 6) is -0.426. The molecule has 5 heteroatoms. The molecule has 0 saturated heterocycles. The first-order chi connectivity index (χ1) is 13.9. The van der Waals surface area contributed by atoms with E-state index in [1.165, 1.54) is 6.07 Å². The molecule has 0 aliphatic heterocycles. The van der Waals surface area contributed by atoms with Crippen molar-refractivity contribution in [2.24, 2.45) is 0 Å². The van der Waals surface area contributed by atoms with Crippen LogP contribution in [0.4, 0.5) is 5.69 Å². The molecule has 0 aliphatic carbocycles. The number of amides is 1. The molecule has 0 fully saturated rings. The Kier molecular flexibility index (Phi) is 6.55. The van der Waals surface area contributed by atoms with E-state index in [0.717, 1.165) is 24.1 Å². The summed E-state index contributed by atoms with van der Waals surface area (Å²) in [6.45, 7) is 6.62. The summed E-state index contributed by atoms with van der Waals surface area (Å²) >= 11 is 6.48. The molecule has 0 aliphatic rings. The lowest BCUT2D eigenvalue weighted by molar-refractivity contribution is 0.102. The average Bonchev–Trinajstić information content (AvgIpc) is 2.69. The molecule has 1 heterocycles. The van der Waals surface area contributed by atoms with Crippen LogP contribution >= 0.6 is 11.6 Å². The fraction of sp³-hybridized carbons (Fsp3) is 0.250. The van der Waals surface area contributed by atoms with Crippen LogP contribution in [0.25, 0.3) is 11.3 Å². The van der Waals surface area contributed by atoms with Gasteiger partial charge >= 0.3 is 0 Å². The van der Waals surface area contributed by atoms with Crippen LogP contribution in [0.2, 0.25) is 5.02 Å². The average molecular weight is 409 g/mol. The van der Waals surface area contributed by atoms with E-state index in [9.17, 15) is 9.59 Å². The number of halogens is 1. The Hall–Kier alpha value is -2.85. The lowest BCUT2D eigenvalue weighted by atomic mass is 10.0. The molecule has 0 saturated carbocycles. The molecule has 0 bridgehead atoms.